The standard InChI is InChI=1S/C29H33N7O3S/c1-17-4-6-23(18-5-7-24-21(10-18)34-28(40-24)29(14-35(2)3)15-39-16-29)36(13-17)27(38)26(37)33-22-12-31-11-20-19(22)8-9-32-25(20)30/h5,7-12,17,23H,4,6,13-16H2,1-3H3,(H2,30,32)(H,33,37)/t17-,23+/m0/s1. The van der Waals surface area contributed by atoms with Crippen molar-refractivity contribution in [1.82, 2.24) is 24.8 Å². The van der Waals surface area contributed by atoms with Gasteiger partial charge in [-0.1, -0.05) is 13.0 Å². The summed E-state index contributed by atoms with van der Waals surface area (Å²) in [4.78, 5) is 44.1. The van der Waals surface area contributed by atoms with E-state index in [1.807, 2.05) is 0 Å². The summed E-state index contributed by atoms with van der Waals surface area (Å²) in [7, 11) is 4.14. The summed E-state index contributed by atoms with van der Waals surface area (Å²) in [6, 6.07) is 7.78. The van der Waals surface area contributed by atoms with Crippen molar-refractivity contribution in [3.8, 4) is 0 Å². The van der Waals surface area contributed by atoms with Crippen LogP contribution < -0.4 is 11.1 Å². The normalized spacial score (nSPS) is 20.6. The molecule has 2 amide bonds. The van der Waals surface area contributed by atoms with Gasteiger partial charge in [-0.15, -0.1) is 11.3 Å². The summed E-state index contributed by atoms with van der Waals surface area (Å²) in [5, 5.41) is 5.16. The molecule has 0 spiro atoms. The van der Waals surface area contributed by atoms with Gasteiger partial charge >= 0.3 is 11.8 Å². The second kappa shape index (κ2) is 10.4. The van der Waals surface area contributed by atoms with Crippen LogP contribution >= 0.6 is 11.3 Å². The minimum absolute atomic E-state index is 0.0785. The molecule has 5 heterocycles. The fourth-order valence-electron chi connectivity index (χ4n) is 5.86. The zero-order valence-corrected chi connectivity index (χ0v) is 23.7. The van der Waals surface area contributed by atoms with Crippen LogP contribution in [0.15, 0.2) is 42.9 Å². The smallest absolute Gasteiger partial charge is 0.313 e. The second-order valence-electron chi connectivity index (χ2n) is 11.3. The Kier molecular flexibility index (Phi) is 6.89. The summed E-state index contributed by atoms with van der Waals surface area (Å²) < 4.78 is 6.71. The number of benzene rings is 1. The molecule has 0 radical (unpaired) electrons. The lowest BCUT2D eigenvalue weighted by molar-refractivity contribution is -0.146. The molecule has 10 nitrogen and oxygen atoms in total. The first-order valence-corrected chi connectivity index (χ1v) is 14.3. The molecular weight excluding hydrogens is 526 g/mol. The van der Waals surface area contributed by atoms with Crippen molar-refractivity contribution in [1.29, 1.82) is 0 Å². The maximum atomic E-state index is 13.6. The van der Waals surface area contributed by atoms with Crippen molar-refractivity contribution in [3.05, 3.63) is 53.4 Å². The molecule has 0 bridgehead atoms. The molecule has 1 aromatic carbocycles. The first-order valence-electron chi connectivity index (χ1n) is 13.5. The average Bonchev–Trinajstić information content (AvgIpc) is 3.34. The van der Waals surface area contributed by atoms with Gasteiger partial charge in [0, 0.05) is 36.3 Å². The molecule has 11 heteroatoms. The number of likely N-dealkylation sites (tertiary alicyclic amines) is 1. The number of fused-ring (bicyclic) bond motifs is 2. The van der Waals surface area contributed by atoms with Crippen molar-refractivity contribution in [2.24, 2.45) is 5.92 Å². The number of ether oxygens (including phenoxy) is 1. The first kappa shape index (κ1) is 26.5. The van der Waals surface area contributed by atoms with E-state index in [1.54, 1.807) is 34.7 Å². The Morgan fingerprint density at radius 2 is 2.02 bits per heavy atom. The number of pyridine rings is 2. The van der Waals surface area contributed by atoms with Gasteiger partial charge < -0.3 is 25.6 Å². The van der Waals surface area contributed by atoms with Crippen molar-refractivity contribution in [2.45, 2.75) is 31.2 Å². The van der Waals surface area contributed by atoms with Crippen molar-refractivity contribution < 1.29 is 14.3 Å². The van der Waals surface area contributed by atoms with Crippen LogP contribution in [-0.4, -0.2) is 77.0 Å². The predicted octanol–water partition coefficient (Wildman–Crippen LogP) is 3.59. The Morgan fingerprint density at radius 3 is 2.77 bits per heavy atom. The quantitative estimate of drug-likeness (QED) is 0.355. The number of hydrogen-bond donors (Lipinski definition) is 2. The Labute approximate surface area is 236 Å². The number of likely N-dealkylation sites (N-methyl/N-ethyl adjacent to an activating group) is 1. The Hall–Kier alpha value is -3.67. The molecule has 0 saturated carbocycles. The van der Waals surface area contributed by atoms with Crippen molar-refractivity contribution >= 4 is 55.6 Å². The van der Waals surface area contributed by atoms with Gasteiger partial charge in [-0.05, 0) is 56.6 Å². The lowest BCUT2D eigenvalue weighted by Gasteiger charge is -2.41. The fourth-order valence-corrected chi connectivity index (χ4v) is 6.96. The van der Waals surface area contributed by atoms with E-state index in [0.717, 1.165) is 40.2 Å². The molecule has 6 rings (SSSR count). The highest BCUT2D eigenvalue weighted by atomic mass is 32.1. The molecule has 0 aliphatic carbocycles. The van der Waals surface area contributed by atoms with Gasteiger partial charge in [-0.3, -0.25) is 14.6 Å². The number of nitrogens with zero attached hydrogens (tertiary/aromatic N) is 5. The molecule has 2 atom stereocenters. The van der Waals surface area contributed by atoms with E-state index in [4.69, 9.17) is 15.5 Å². The van der Waals surface area contributed by atoms with Gasteiger partial charge in [-0.2, -0.15) is 0 Å². The van der Waals surface area contributed by atoms with Crippen LogP contribution in [0, 0.1) is 5.92 Å². The maximum absolute atomic E-state index is 13.6. The molecule has 2 aliphatic heterocycles. The molecule has 4 aromatic rings. The number of amides is 2. The molecular formula is C29H33N7O3S. The van der Waals surface area contributed by atoms with E-state index in [1.165, 1.54) is 6.20 Å². The number of hydrogen-bond acceptors (Lipinski definition) is 9. The van der Waals surface area contributed by atoms with Gasteiger partial charge in [-0.25, -0.2) is 9.97 Å². The van der Waals surface area contributed by atoms with E-state index in [-0.39, 0.29) is 17.4 Å². The monoisotopic (exact) mass is 559 g/mol. The molecule has 3 aromatic heterocycles. The van der Waals surface area contributed by atoms with Crippen LogP contribution in [-0.2, 0) is 19.7 Å². The number of aromatic nitrogens is 3. The highest BCUT2D eigenvalue weighted by Gasteiger charge is 2.43. The van der Waals surface area contributed by atoms with E-state index < -0.39 is 11.8 Å². The number of piperidine rings is 1. The van der Waals surface area contributed by atoms with Gasteiger partial charge in [0.05, 0.1) is 46.8 Å². The number of carbonyl (C=O) groups excluding carboxylic acids is 2. The van der Waals surface area contributed by atoms with Crippen LogP contribution in [0.5, 0.6) is 0 Å². The zero-order valence-electron chi connectivity index (χ0n) is 22.9. The van der Waals surface area contributed by atoms with Crippen molar-refractivity contribution in [2.75, 3.05) is 51.4 Å². The molecule has 208 valence electrons. The number of thiazole rings is 1. The molecule has 2 fully saturated rings. The Morgan fingerprint density at radius 1 is 1.20 bits per heavy atom. The maximum Gasteiger partial charge on any atom is 0.313 e. The third-order valence-corrected chi connectivity index (χ3v) is 9.15. The number of nitrogens with two attached hydrogens (primary N) is 1. The highest BCUT2D eigenvalue weighted by molar-refractivity contribution is 7.18. The molecule has 2 saturated heterocycles. The molecule has 2 aliphatic rings. The average molecular weight is 560 g/mol. The Bertz CT molecular complexity index is 1600. The van der Waals surface area contributed by atoms with E-state index >= 15 is 0 Å². The summed E-state index contributed by atoms with van der Waals surface area (Å²) in [5.41, 5.74) is 8.24. The minimum Gasteiger partial charge on any atom is -0.383 e. The summed E-state index contributed by atoms with van der Waals surface area (Å²) in [6.07, 6.45) is 6.43. The first-order chi connectivity index (χ1) is 19.2. The zero-order chi connectivity index (χ0) is 28.0. The molecule has 40 heavy (non-hydrogen) atoms. The van der Waals surface area contributed by atoms with Gasteiger partial charge in [0.25, 0.3) is 0 Å². The van der Waals surface area contributed by atoms with E-state index in [9.17, 15) is 9.59 Å². The number of anilines is 2. The van der Waals surface area contributed by atoms with Gasteiger partial charge in [0.2, 0.25) is 0 Å². The largest absolute Gasteiger partial charge is 0.383 e. The van der Waals surface area contributed by atoms with Crippen LogP contribution in [0.25, 0.3) is 21.0 Å². The number of nitrogen functional groups attached to an aromatic ring is 1. The summed E-state index contributed by atoms with van der Waals surface area (Å²) in [5.74, 6) is -0.657. The van der Waals surface area contributed by atoms with E-state index in [0.29, 0.717) is 42.0 Å². The molecule has 0 unspecified atom stereocenters. The fraction of sp³-hybridized carbons (Fsp3) is 0.414. The van der Waals surface area contributed by atoms with Gasteiger partial charge in [0.1, 0.15) is 10.8 Å². The number of carbonyl (C=O) groups is 2. The van der Waals surface area contributed by atoms with Crippen LogP contribution in [0.3, 0.4) is 0 Å². The molecule has 3 N–H and O–H groups in total. The number of rotatable bonds is 5. The second-order valence-corrected chi connectivity index (χ2v) is 12.4. The minimum atomic E-state index is -0.698. The van der Waals surface area contributed by atoms with Crippen LogP contribution in [0.4, 0.5) is 11.5 Å². The third kappa shape index (κ3) is 4.78. The lowest BCUT2D eigenvalue weighted by atomic mass is 9.86. The Balaban J connectivity index is 1.27. The predicted molar refractivity (Wildman–Crippen MR) is 156 cm³/mol. The SMILES string of the molecule is C[C@H]1CC[C@H](c2ccc3sc(C4(CN(C)C)COC4)nc3c2)N(C(=O)C(=O)Nc2cncc3c(N)nccc23)C1. The summed E-state index contributed by atoms with van der Waals surface area (Å²) >= 11 is 1.71. The summed E-state index contributed by atoms with van der Waals surface area (Å²) in [6.45, 7) is 4.84. The third-order valence-electron chi connectivity index (χ3n) is 7.86. The van der Waals surface area contributed by atoms with E-state index in [2.05, 4.69) is 59.4 Å². The van der Waals surface area contributed by atoms with Crippen LogP contribution in [0.1, 0.15) is 36.4 Å². The lowest BCUT2D eigenvalue weighted by Crippen LogP contribution is -2.53. The van der Waals surface area contributed by atoms with Crippen molar-refractivity contribution in [3.63, 3.8) is 0 Å². The van der Waals surface area contributed by atoms with Gasteiger partial charge in [0.15, 0.2) is 0 Å². The van der Waals surface area contributed by atoms with Crippen LogP contribution in [0.2, 0.25) is 0 Å². The topological polar surface area (TPSA) is 127 Å². The number of nitrogens with one attached hydrogen (secondary N) is 1. The highest BCUT2D eigenvalue weighted by Crippen LogP contribution is 2.40.